The highest BCUT2D eigenvalue weighted by molar-refractivity contribution is 5.93. The molecule has 0 heterocycles. The number of quaternary nitrogens is 1. The molecule has 1 unspecified atom stereocenters. The minimum atomic E-state index is -4.42. The maximum atomic E-state index is 12.6. The highest BCUT2D eigenvalue weighted by Gasteiger charge is 2.30. The van der Waals surface area contributed by atoms with E-state index in [1.54, 1.807) is 7.05 Å². The van der Waals surface area contributed by atoms with Crippen molar-refractivity contribution in [2.75, 3.05) is 30.8 Å². The molecule has 0 aliphatic heterocycles. The molecule has 8 heteroatoms. The lowest BCUT2D eigenvalue weighted by molar-refractivity contribution is -0.862. The Kier molecular flexibility index (Phi) is 7.17. The zero-order valence-electron chi connectivity index (χ0n) is 15.7. The molecule has 0 spiro atoms. The van der Waals surface area contributed by atoms with E-state index in [1.807, 2.05) is 31.2 Å². The molecule has 0 bridgehead atoms. The molecule has 0 saturated heterocycles. The molecular weight excluding hydrogens is 371 g/mol. The van der Waals surface area contributed by atoms with Gasteiger partial charge in [0.1, 0.15) is 0 Å². The Bertz CT molecular complexity index is 820. The van der Waals surface area contributed by atoms with Crippen LogP contribution in [-0.4, -0.2) is 32.0 Å². The SMILES string of the molecule is CCc1ccccc1NC(=O)C[NH+](C)CC(=O)Nc1ccc(C(F)(F)F)cc1. The second-order valence-electron chi connectivity index (χ2n) is 6.49. The lowest BCUT2D eigenvalue weighted by atomic mass is 10.1. The van der Waals surface area contributed by atoms with Crippen molar-refractivity contribution in [2.45, 2.75) is 19.5 Å². The van der Waals surface area contributed by atoms with Crippen LogP contribution in [0.3, 0.4) is 0 Å². The van der Waals surface area contributed by atoms with Gasteiger partial charge in [-0.3, -0.25) is 9.59 Å². The van der Waals surface area contributed by atoms with Crippen molar-refractivity contribution in [2.24, 2.45) is 0 Å². The van der Waals surface area contributed by atoms with Crippen LogP contribution in [0.5, 0.6) is 0 Å². The Morgan fingerprint density at radius 3 is 2.07 bits per heavy atom. The van der Waals surface area contributed by atoms with Crippen LogP contribution in [0.15, 0.2) is 48.5 Å². The zero-order chi connectivity index (χ0) is 20.7. The lowest BCUT2D eigenvalue weighted by Crippen LogP contribution is -3.11. The predicted molar refractivity (Wildman–Crippen MR) is 101 cm³/mol. The lowest BCUT2D eigenvalue weighted by Gasteiger charge is -2.15. The highest BCUT2D eigenvalue weighted by Crippen LogP contribution is 2.29. The average Bonchev–Trinajstić information content (AvgIpc) is 2.61. The van der Waals surface area contributed by atoms with Gasteiger partial charge in [0.25, 0.3) is 11.8 Å². The summed E-state index contributed by atoms with van der Waals surface area (Å²) in [5.74, 6) is -0.611. The van der Waals surface area contributed by atoms with Gasteiger partial charge in [-0.25, -0.2) is 0 Å². The Morgan fingerprint density at radius 2 is 1.50 bits per heavy atom. The quantitative estimate of drug-likeness (QED) is 0.675. The maximum Gasteiger partial charge on any atom is 0.416 e. The fourth-order valence-corrected chi connectivity index (χ4v) is 2.70. The van der Waals surface area contributed by atoms with Crippen molar-refractivity contribution in [3.8, 4) is 0 Å². The molecule has 2 aromatic carbocycles. The van der Waals surface area contributed by atoms with Crippen LogP contribution < -0.4 is 15.5 Å². The largest absolute Gasteiger partial charge is 0.416 e. The average molecular weight is 394 g/mol. The third-order valence-corrected chi connectivity index (χ3v) is 4.09. The second kappa shape index (κ2) is 9.36. The van der Waals surface area contributed by atoms with Gasteiger partial charge in [0, 0.05) is 11.4 Å². The van der Waals surface area contributed by atoms with Crippen molar-refractivity contribution >= 4 is 23.2 Å². The van der Waals surface area contributed by atoms with Crippen LogP contribution in [0.2, 0.25) is 0 Å². The number of halogens is 3. The smallest absolute Gasteiger partial charge is 0.322 e. The number of amides is 2. The van der Waals surface area contributed by atoms with E-state index >= 15 is 0 Å². The van der Waals surface area contributed by atoms with Gasteiger partial charge in [-0.1, -0.05) is 25.1 Å². The number of aryl methyl sites for hydroxylation is 1. The van der Waals surface area contributed by atoms with E-state index in [2.05, 4.69) is 10.6 Å². The molecule has 0 fully saturated rings. The summed E-state index contributed by atoms with van der Waals surface area (Å²) in [6, 6.07) is 11.7. The molecule has 0 aliphatic carbocycles. The first-order valence-corrected chi connectivity index (χ1v) is 8.85. The maximum absolute atomic E-state index is 12.6. The molecule has 3 N–H and O–H groups in total. The van der Waals surface area contributed by atoms with Crippen LogP contribution in [-0.2, 0) is 22.2 Å². The van der Waals surface area contributed by atoms with Crippen LogP contribution >= 0.6 is 0 Å². The summed E-state index contributed by atoms with van der Waals surface area (Å²) in [4.78, 5) is 24.9. The summed E-state index contributed by atoms with van der Waals surface area (Å²) >= 11 is 0. The fraction of sp³-hybridized carbons (Fsp3) is 0.300. The van der Waals surface area contributed by atoms with Crippen molar-refractivity contribution in [3.63, 3.8) is 0 Å². The van der Waals surface area contributed by atoms with Crippen molar-refractivity contribution in [1.29, 1.82) is 0 Å². The number of benzene rings is 2. The molecule has 0 aliphatic rings. The zero-order valence-corrected chi connectivity index (χ0v) is 15.7. The second-order valence-corrected chi connectivity index (χ2v) is 6.49. The first kappa shape index (κ1) is 21.4. The van der Waals surface area contributed by atoms with Crippen molar-refractivity contribution in [3.05, 3.63) is 59.7 Å². The number of carbonyl (C=O) groups excluding carboxylic acids is 2. The monoisotopic (exact) mass is 394 g/mol. The van der Waals surface area contributed by atoms with Crippen LogP contribution in [0, 0.1) is 0 Å². The van der Waals surface area contributed by atoms with Gasteiger partial charge in [0.15, 0.2) is 13.1 Å². The van der Waals surface area contributed by atoms with Gasteiger partial charge in [-0.15, -0.1) is 0 Å². The molecule has 5 nitrogen and oxygen atoms in total. The predicted octanol–water partition coefficient (Wildman–Crippen LogP) is 2.36. The highest BCUT2D eigenvalue weighted by atomic mass is 19.4. The van der Waals surface area contributed by atoms with E-state index in [1.165, 1.54) is 12.1 Å². The summed E-state index contributed by atoms with van der Waals surface area (Å²) < 4.78 is 37.7. The fourth-order valence-electron chi connectivity index (χ4n) is 2.70. The summed E-state index contributed by atoms with van der Waals surface area (Å²) in [6.45, 7) is 2.08. The minimum Gasteiger partial charge on any atom is -0.322 e. The topological polar surface area (TPSA) is 62.6 Å². The molecule has 2 amide bonds. The van der Waals surface area contributed by atoms with Crippen LogP contribution in [0.1, 0.15) is 18.1 Å². The van der Waals surface area contributed by atoms with Gasteiger partial charge in [-0.2, -0.15) is 13.2 Å². The summed E-state index contributed by atoms with van der Waals surface area (Å²) in [7, 11) is 1.69. The number of hydrogen-bond acceptors (Lipinski definition) is 2. The Balaban J connectivity index is 1.84. The number of para-hydroxylation sites is 1. The van der Waals surface area contributed by atoms with E-state index < -0.39 is 11.7 Å². The number of rotatable bonds is 7. The van der Waals surface area contributed by atoms with Crippen molar-refractivity contribution in [1.82, 2.24) is 0 Å². The minimum absolute atomic E-state index is 0.00384. The number of nitrogens with one attached hydrogen (secondary N) is 3. The molecule has 28 heavy (non-hydrogen) atoms. The number of likely N-dealkylation sites (N-methyl/N-ethyl adjacent to an activating group) is 1. The summed E-state index contributed by atoms with van der Waals surface area (Å²) in [6.07, 6.45) is -3.63. The third-order valence-electron chi connectivity index (χ3n) is 4.09. The molecule has 2 aromatic rings. The molecule has 0 radical (unpaired) electrons. The third kappa shape index (κ3) is 6.38. The van der Waals surface area contributed by atoms with Crippen LogP contribution in [0.4, 0.5) is 24.5 Å². The van der Waals surface area contributed by atoms with Gasteiger partial charge < -0.3 is 15.5 Å². The van der Waals surface area contributed by atoms with E-state index in [9.17, 15) is 22.8 Å². The molecule has 2 rings (SSSR count). The van der Waals surface area contributed by atoms with Gasteiger partial charge >= 0.3 is 6.18 Å². The molecule has 0 saturated carbocycles. The van der Waals surface area contributed by atoms with Crippen molar-refractivity contribution < 1.29 is 27.7 Å². The number of hydrogen-bond donors (Lipinski definition) is 3. The van der Waals surface area contributed by atoms with E-state index in [0.717, 1.165) is 29.8 Å². The first-order valence-electron chi connectivity index (χ1n) is 8.85. The summed E-state index contributed by atoms with van der Waals surface area (Å²) in [5.41, 5.74) is 1.26. The summed E-state index contributed by atoms with van der Waals surface area (Å²) in [5, 5.41) is 5.37. The standard InChI is InChI=1S/C20H22F3N3O2/c1-3-14-6-4-5-7-17(14)25-19(28)13-26(2)12-18(27)24-16-10-8-15(9-11-16)20(21,22)23/h4-11H,3,12-13H2,1-2H3,(H,24,27)(H,25,28)/p+1. The first-order chi connectivity index (χ1) is 13.2. The van der Waals surface area contributed by atoms with Crippen LogP contribution in [0.25, 0.3) is 0 Å². The number of alkyl halides is 3. The normalized spacial score (nSPS) is 12.3. The number of carbonyl (C=O) groups is 2. The van der Waals surface area contributed by atoms with Gasteiger partial charge in [0.2, 0.25) is 0 Å². The van der Waals surface area contributed by atoms with Gasteiger partial charge in [-0.05, 0) is 42.3 Å². The molecular formula is C20H23F3N3O2+. The number of anilines is 2. The Labute approximate surface area is 161 Å². The molecule has 0 aromatic heterocycles. The van der Waals surface area contributed by atoms with E-state index in [4.69, 9.17) is 0 Å². The Morgan fingerprint density at radius 1 is 0.929 bits per heavy atom. The van der Waals surface area contributed by atoms with E-state index in [0.29, 0.717) is 4.90 Å². The van der Waals surface area contributed by atoms with E-state index in [-0.39, 0.29) is 30.6 Å². The van der Waals surface area contributed by atoms with Gasteiger partial charge in [0.05, 0.1) is 12.6 Å². The Hall–Kier alpha value is -2.87. The molecule has 150 valence electrons. The molecule has 1 atom stereocenters.